The van der Waals surface area contributed by atoms with Gasteiger partial charge in [0.1, 0.15) is 5.82 Å². The summed E-state index contributed by atoms with van der Waals surface area (Å²) in [5.74, 6) is -0.0216. The largest absolute Gasteiger partial charge is 0.396 e. The number of amides is 2. The number of carbonyl (C=O) groups is 1. The summed E-state index contributed by atoms with van der Waals surface area (Å²) in [4.78, 5) is 18.8. The van der Waals surface area contributed by atoms with Gasteiger partial charge in [-0.2, -0.15) is 0 Å². The molecule has 1 aliphatic heterocycles. The van der Waals surface area contributed by atoms with Gasteiger partial charge in [0.25, 0.3) is 0 Å². The van der Waals surface area contributed by atoms with Crippen molar-refractivity contribution in [2.24, 2.45) is 5.92 Å². The number of nitrogens with zero attached hydrogens (tertiary/aromatic N) is 2. The Balaban J connectivity index is 1.63. The normalized spacial score (nSPS) is 15.7. The molecule has 1 saturated heterocycles. The third-order valence-corrected chi connectivity index (χ3v) is 4.96. The summed E-state index contributed by atoms with van der Waals surface area (Å²) in [6.45, 7) is 1.43. The number of rotatable bonds is 3. The number of nitrogens with one attached hydrogen (secondary N) is 1. The van der Waals surface area contributed by atoms with E-state index in [1.54, 1.807) is 29.3 Å². The molecule has 0 saturated carbocycles. The van der Waals surface area contributed by atoms with Crippen LogP contribution in [0.4, 0.5) is 14.3 Å². The molecule has 2 aromatic rings. The van der Waals surface area contributed by atoms with Crippen molar-refractivity contribution in [2.45, 2.75) is 12.8 Å². The molecule has 0 spiro atoms. The van der Waals surface area contributed by atoms with Crippen LogP contribution in [0, 0.1) is 11.7 Å². The minimum atomic E-state index is -0.305. The van der Waals surface area contributed by atoms with Crippen molar-refractivity contribution < 1.29 is 14.3 Å². The predicted octanol–water partition coefficient (Wildman–Crippen LogP) is 3.19. The van der Waals surface area contributed by atoms with Crippen LogP contribution in [0.15, 0.2) is 30.5 Å². The third kappa shape index (κ3) is 3.68. The molecule has 7 heteroatoms. The number of anilines is 1. The lowest BCUT2D eigenvalue weighted by Crippen LogP contribution is -2.41. The van der Waals surface area contributed by atoms with Crippen LogP contribution in [-0.2, 0) is 0 Å². The lowest BCUT2D eigenvalue weighted by atomic mass is 9.98. The van der Waals surface area contributed by atoms with Gasteiger partial charge in [-0.3, -0.25) is 5.32 Å². The number of halogens is 1. The fourth-order valence-corrected chi connectivity index (χ4v) is 3.44. The van der Waals surface area contributed by atoms with Crippen LogP contribution in [0.5, 0.6) is 0 Å². The van der Waals surface area contributed by atoms with Crippen molar-refractivity contribution in [3.8, 4) is 10.4 Å². The van der Waals surface area contributed by atoms with Gasteiger partial charge in [-0.25, -0.2) is 14.2 Å². The summed E-state index contributed by atoms with van der Waals surface area (Å²) in [7, 11) is 0. The van der Waals surface area contributed by atoms with E-state index in [1.165, 1.54) is 17.4 Å². The molecule has 0 unspecified atom stereocenters. The monoisotopic (exact) mass is 335 g/mol. The molecule has 1 aliphatic rings. The van der Waals surface area contributed by atoms with Gasteiger partial charge in [0.15, 0.2) is 5.13 Å². The summed E-state index contributed by atoms with van der Waals surface area (Å²) >= 11 is 1.25. The number of urea groups is 1. The zero-order valence-corrected chi connectivity index (χ0v) is 13.4. The Morgan fingerprint density at radius 1 is 1.39 bits per heavy atom. The fourth-order valence-electron chi connectivity index (χ4n) is 2.61. The number of aliphatic hydroxyl groups excluding tert-OH is 1. The number of aromatic nitrogens is 1. The van der Waals surface area contributed by atoms with Gasteiger partial charge >= 0.3 is 6.03 Å². The second kappa shape index (κ2) is 7.06. The average Bonchev–Trinajstić information content (AvgIpc) is 3.03. The molecule has 5 nitrogen and oxygen atoms in total. The molecule has 0 aliphatic carbocycles. The molecule has 1 aromatic carbocycles. The summed E-state index contributed by atoms with van der Waals surface area (Å²) in [5.41, 5.74) is 0.481. The average molecular weight is 335 g/mol. The Morgan fingerprint density at radius 3 is 2.83 bits per heavy atom. The number of hydrogen-bond acceptors (Lipinski definition) is 4. The quantitative estimate of drug-likeness (QED) is 0.905. The molecule has 2 heterocycles. The third-order valence-electron chi connectivity index (χ3n) is 4.02. The molecule has 0 atom stereocenters. The van der Waals surface area contributed by atoms with E-state index in [9.17, 15) is 9.18 Å². The van der Waals surface area contributed by atoms with E-state index < -0.39 is 0 Å². The van der Waals surface area contributed by atoms with Crippen molar-refractivity contribution in [1.29, 1.82) is 0 Å². The van der Waals surface area contributed by atoms with E-state index in [0.29, 0.717) is 28.7 Å². The number of piperidine rings is 1. The van der Waals surface area contributed by atoms with Crippen LogP contribution in [-0.4, -0.2) is 40.7 Å². The second-order valence-corrected chi connectivity index (χ2v) is 6.58. The number of thiazole rings is 1. The minimum Gasteiger partial charge on any atom is -0.396 e. The van der Waals surface area contributed by atoms with Crippen LogP contribution in [0.1, 0.15) is 12.8 Å². The van der Waals surface area contributed by atoms with E-state index in [4.69, 9.17) is 5.11 Å². The Hall–Kier alpha value is -1.99. The zero-order chi connectivity index (χ0) is 16.2. The SMILES string of the molecule is O=C(Nc1ncc(-c2ccccc2F)s1)N1CCC(CO)CC1. The summed E-state index contributed by atoms with van der Waals surface area (Å²) < 4.78 is 13.8. The van der Waals surface area contributed by atoms with Gasteiger partial charge in [0, 0.05) is 31.5 Å². The molecule has 2 N–H and O–H groups in total. The van der Waals surface area contributed by atoms with Crippen LogP contribution >= 0.6 is 11.3 Å². The highest BCUT2D eigenvalue weighted by atomic mass is 32.1. The minimum absolute atomic E-state index is 0.175. The highest BCUT2D eigenvalue weighted by molar-refractivity contribution is 7.19. The maximum Gasteiger partial charge on any atom is 0.323 e. The molecule has 1 aromatic heterocycles. The smallest absolute Gasteiger partial charge is 0.323 e. The van der Waals surface area contributed by atoms with Crippen LogP contribution in [0.2, 0.25) is 0 Å². The number of aliphatic hydroxyl groups is 1. The fraction of sp³-hybridized carbons (Fsp3) is 0.375. The lowest BCUT2D eigenvalue weighted by molar-refractivity contribution is 0.143. The van der Waals surface area contributed by atoms with Gasteiger partial charge in [0.05, 0.1) is 4.88 Å². The Bertz CT molecular complexity index is 683. The van der Waals surface area contributed by atoms with E-state index >= 15 is 0 Å². The van der Waals surface area contributed by atoms with Gasteiger partial charge < -0.3 is 10.0 Å². The molecular formula is C16H18FN3O2S. The van der Waals surface area contributed by atoms with Gasteiger partial charge in [-0.15, -0.1) is 0 Å². The second-order valence-electron chi connectivity index (χ2n) is 5.55. The molecular weight excluding hydrogens is 317 g/mol. The van der Waals surface area contributed by atoms with Crippen LogP contribution in [0.25, 0.3) is 10.4 Å². The van der Waals surface area contributed by atoms with Crippen molar-refractivity contribution in [3.63, 3.8) is 0 Å². The number of likely N-dealkylation sites (tertiary alicyclic amines) is 1. The first kappa shape index (κ1) is 15.9. The summed E-state index contributed by atoms with van der Waals surface area (Å²) in [6, 6.07) is 6.29. The highest BCUT2D eigenvalue weighted by Crippen LogP contribution is 2.30. The van der Waals surface area contributed by atoms with Crippen molar-refractivity contribution in [1.82, 2.24) is 9.88 Å². The number of benzene rings is 1. The first-order valence-corrected chi connectivity index (χ1v) is 8.36. The van der Waals surface area contributed by atoms with Gasteiger partial charge in [0.2, 0.25) is 0 Å². The van der Waals surface area contributed by atoms with Gasteiger partial charge in [-0.1, -0.05) is 29.5 Å². The van der Waals surface area contributed by atoms with Crippen molar-refractivity contribution >= 4 is 22.5 Å². The van der Waals surface area contributed by atoms with Crippen molar-refractivity contribution in [3.05, 3.63) is 36.3 Å². The molecule has 1 fully saturated rings. The highest BCUT2D eigenvalue weighted by Gasteiger charge is 2.23. The van der Waals surface area contributed by atoms with Crippen LogP contribution in [0.3, 0.4) is 0 Å². The maximum absolute atomic E-state index is 13.8. The summed E-state index contributed by atoms with van der Waals surface area (Å²) in [6.07, 6.45) is 3.18. The molecule has 3 rings (SSSR count). The molecule has 0 bridgehead atoms. The standard InChI is InChI=1S/C16H18FN3O2S/c17-13-4-2-1-3-12(13)14-9-18-15(23-14)19-16(22)20-7-5-11(10-21)6-8-20/h1-4,9,11,21H,5-8,10H2,(H,18,19,22). The number of carbonyl (C=O) groups excluding carboxylic acids is 1. The first-order valence-electron chi connectivity index (χ1n) is 7.55. The molecule has 0 radical (unpaired) electrons. The van der Waals surface area contributed by atoms with E-state index in [0.717, 1.165) is 12.8 Å². The Kier molecular flexibility index (Phi) is 4.88. The van der Waals surface area contributed by atoms with E-state index in [1.807, 2.05) is 0 Å². The maximum atomic E-state index is 13.8. The van der Waals surface area contributed by atoms with Crippen LogP contribution < -0.4 is 5.32 Å². The van der Waals surface area contributed by atoms with Crippen molar-refractivity contribution in [2.75, 3.05) is 25.0 Å². The summed E-state index contributed by atoms with van der Waals surface area (Å²) in [5, 5.41) is 12.3. The number of hydrogen-bond donors (Lipinski definition) is 2. The Morgan fingerprint density at radius 2 is 2.13 bits per heavy atom. The molecule has 122 valence electrons. The predicted molar refractivity (Wildman–Crippen MR) is 87.9 cm³/mol. The Labute approximate surface area is 137 Å². The first-order chi connectivity index (χ1) is 11.2. The molecule has 2 amide bonds. The zero-order valence-electron chi connectivity index (χ0n) is 12.5. The van der Waals surface area contributed by atoms with Gasteiger partial charge in [-0.05, 0) is 24.8 Å². The lowest BCUT2D eigenvalue weighted by Gasteiger charge is -2.30. The topological polar surface area (TPSA) is 65.5 Å². The van der Waals surface area contributed by atoms with E-state index in [-0.39, 0.29) is 24.4 Å². The molecule has 23 heavy (non-hydrogen) atoms. The van der Waals surface area contributed by atoms with E-state index in [2.05, 4.69) is 10.3 Å².